The standard InChI is InChI=1S/C19H17ClN2O4S/c1-12-9-14(16(25-2)10-13(12)20)21-17(23)11-26-19(24)18-15(5-8-27-18)22-6-3-4-7-22/h3-10H,11H2,1-2H3,(H,21,23). The van der Waals surface area contributed by atoms with E-state index in [4.69, 9.17) is 21.1 Å². The quantitative estimate of drug-likeness (QED) is 0.622. The summed E-state index contributed by atoms with van der Waals surface area (Å²) in [5.74, 6) is -0.594. The molecule has 0 saturated heterocycles. The van der Waals surface area contributed by atoms with Crippen LogP contribution in [-0.4, -0.2) is 30.2 Å². The molecule has 0 unspecified atom stereocenters. The molecule has 1 N–H and O–H groups in total. The Bertz CT molecular complexity index is 966. The molecule has 3 aromatic rings. The topological polar surface area (TPSA) is 69.6 Å². The van der Waals surface area contributed by atoms with Gasteiger partial charge in [-0.05, 0) is 42.1 Å². The lowest BCUT2D eigenvalue weighted by Crippen LogP contribution is -2.21. The van der Waals surface area contributed by atoms with Crippen molar-refractivity contribution < 1.29 is 19.1 Å². The molecule has 27 heavy (non-hydrogen) atoms. The monoisotopic (exact) mass is 404 g/mol. The number of nitrogens with one attached hydrogen (secondary N) is 1. The second-order valence-electron chi connectivity index (χ2n) is 5.65. The minimum absolute atomic E-state index is 0.410. The van der Waals surface area contributed by atoms with Crippen molar-refractivity contribution in [1.29, 1.82) is 0 Å². The molecule has 2 heterocycles. The summed E-state index contributed by atoms with van der Waals surface area (Å²) in [5, 5.41) is 5.00. The molecule has 0 atom stereocenters. The van der Waals surface area contributed by atoms with Crippen LogP contribution >= 0.6 is 22.9 Å². The van der Waals surface area contributed by atoms with E-state index in [1.165, 1.54) is 18.4 Å². The SMILES string of the molecule is COc1cc(Cl)c(C)cc1NC(=O)COC(=O)c1sccc1-n1cccc1. The van der Waals surface area contributed by atoms with Gasteiger partial charge in [-0.15, -0.1) is 11.3 Å². The smallest absolute Gasteiger partial charge is 0.350 e. The minimum Gasteiger partial charge on any atom is -0.495 e. The van der Waals surface area contributed by atoms with Crippen molar-refractivity contribution in [2.45, 2.75) is 6.92 Å². The molecule has 1 amide bonds. The number of amides is 1. The molecule has 0 saturated carbocycles. The molecule has 0 aliphatic carbocycles. The Morgan fingerprint density at radius 1 is 1.26 bits per heavy atom. The number of nitrogens with zero attached hydrogens (tertiary/aromatic N) is 1. The van der Waals surface area contributed by atoms with Crippen LogP contribution in [0.5, 0.6) is 5.75 Å². The van der Waals surface area contributed by atoms with Crippen molar-refractivity contribution in [3.05, 3.63) is 63.6 Å². The van der Waals surface area contributed by atoms with Crippen molar-refractivity contribution in [1.82, 2.24) is 4.57 Å². The van der Waals surface area contributed by atoms with Crippen molar-refractivity contribution in [2.24, 2.45) is 0 Å². The second-order valence-corrected chi connectivity index (χ2v) is 6.97. The number of ether oxygens (including phenoxy) is 2. The number of benzene rings is 1. The molecule has 0 bridgehead atoms. The van der Waals surface area contributed by atoms with Crippen LogP contribution in [0.25, 0.3) is 5.69 Å². The number of aryl methyl sites for hydroxylation is 1. The van der Waals surface area contributed by atoms with Gasteiger partial charge in [0.2, 0.25) is 0 Å². The second kappa shape index (κ2) is 8.28. The highest BCUT2D eigenvalue weighted by atomic mass is 35.5. The summed E-state index contributed by atoms with van der Waals surface area (Å²) in [5.41, 5.74) is 1.97. The van der Waals surface area contributed by atoms with Crippen LogP contribution < -0.4 is 10.1 Å². The van der Waals surface area contributed by atoms with Crippen LogP contribution in [-0.2, 0) is 9.53 Å². The third-order valence-electron chi connectivity index (χ3n) is 3.80. The predicted octanol–water partition coefficient (Wildman–Crippen LogP) is 4.30. The number of rotatable bonds is 6. The van der Waals surface area contributed by atoms with Gasteiger partial charge in [-0.1, -0.05) is 11.6 Å². The number of thiophene rings is 1. The van der Waals surface area contributed by atoms with Gasteiger partial charge in [0, 0.05) is 23.5 Å². The van der Waals surface area contributed by atoms with Crippen LogP contribution in [0.1, 0.15) is 15.2 Å². The summed E-state index contributed by atoms with van der Waals surface area (Å²) in [6, 6.07) is 8.87. The van der Waals surface area contributed by atoms with E-state index < -0.39 is 18.5 Å². The van der Waals surface area contributed by atoms with Crippen LogP contribution in [0.3, 0.4) is 0 Å². The zero-order valence-corrected chi connectivity index (χ0v) is 16.3. The average molecular weight is 405 g/mol. The number of carbonyl (C=O) groups is 2. The summed E-state index contributed by atoms with van der Waals surface area (Å²) < 4.78 is 12.2. The fourth-order valence-electron chi connectivity index (χ4n) is 2.47. The van der Waals surface area contributed by atoms with E-state index >= 15 is 0 Å². The van der Waals surface area contributed by atoms with E-state index in [-0.39, 0.29) is 0 Å². The molecule has 0 aliphatic rings. The van der Waals surface area contributed by atoms with Crippen molar-refractivity contribution in [2.75, 3.05) is 19.0 Å². The van der Waals surface area contributed by atoms with Gasteiger partial charge in [-0.2, -0.15) is 0 Å². The van der Waals surface area contributed by atoms with E-state index in [0.717, 1.165) is 5.56 Å². The Labute approximate surface area is 165 Å². The molecule has 1 aromatic carbocycles. The molecule has 140 valence electrons. The molecule has 8 heteroatoms. The zero-order valence-electron chi connectivity index (χ0n) is 14.7. The molecule has 0 radical (unpaired) electrons. The molecular formula is C19H17ClN2O4S. The maximum atomic E-state index is 12.4. The van der Waals surface area contributed by atoms with Gasteiger partial charge in [0.05, 0.1) is 18.5 Å². The lowest BCUT2D eigenvalue weighted by Gasteiger charge is -2.12. The third kappa shape index (κ3) is 4.32. The molecule has 0 aliphatic heterocycles. The summed E-state index contributed by atoms with van der Waals surface area (Å²) in [6.45, 7) is 1.41. The number of aromatic nitrogens is 1. The van der Waals surface area contributed by atoms with E-state index in [9.17, 15) is 9.59 Å². The largest absolute Gasteiger partial charge is 0.495 e. The lowest BCUT2D eigenvalue weighted by molar-refractivity contribution is -0.119. The van der Waals surface area contributed by atoms with E-state index in [2.05, 4.69) is 5.32 Å². The Hall–Kier alpha value is -2.77. The number of halogens is 1. The van der Waals surface area contributed by atoms with E-state index in [0.29, 0.717) is 27.0 Å². The maximum Gasteiger partial charge on any atom is 0.350 e. The number of anilines is 1. The Kier molecular flexibility index (Phi) is 5.83. The Morgan fingerprint density at radius 3 is 2.70 bits per heavy atom. The van der Waals surface area contributed by atoms with Crippen molar-refractivity contribution in [3.63, 3.8) is 0 Å². The van der Waals surface area contributed by atoms with Crippen LogP contribution in [0.2, 0.25) is 5.02 Å². The van der Waals surface area contributed by atoms with Gasteiger partial charge in [-0.25, -0.2) is 4.79 Å². The highest BCUT2D eigenvalue weighted by Gasteiger charge is 2.18. The number of methoxy groups -OCH3 is 1. The molecular weight excluding hydrogens is 388 g/mol. The first kappa shape index (κ1) is 19.0. The van der Waals surface area contributed by atoms with Gasteiger partial charge in [0.1, 0.15) is 10.6 Å². The lowest BCUT2D eigenvalue weighted by atomic mass is 10.2. The van der Waals surface area contributed by atoms with Crippen LogP contribution in [0.4, 0.5) is 5.69 Å². The van der Waals surface area contributed by atoms with Gasteiger partial charge in [-0.3, -0.25) is 4.79 Å². The van der Waals surface area contributed by atoms with Gasteiger partial charge in [0.15, 0.2) is 6.61 Å². The summed E-state index contributed by atoms with van der Waals surface area (Å²) in [7, 11) is 1.48. The Morgan fingerprint density at radius 2 is 2.00 bits per heavy atom. The Balaban J connectivity index is 1.64. The number of carbonyl (C=O) groups excluding carboxylic acids is 2. The summed E-state index contributed by atoms with van der Waals surface area (Å²) in [6.07, 6.45) is 3.67. The van der Waals surface area contributed by atoms with Gasteiger partial charge < -0.3 is 19.4 Å². The molecule has 2 aromatic heterocycles. The van der Waals surface area contributed by atoms with Crippen LogP contribution in [0.15, 0.2) is 48.1 Å². The van der Waals surface area contributed by atoms with Gasteiger partial charge >= 0.3 is 5.97 Å². The van der Waals surface area contributed by atoms with Crippen molar-refractivity contribution >= 4 is 40.5 Å². The van der Waals surface area contributed by atoms with Gasteiger partial charge in [0.25, 0.3) is 5.91 Å². The van der Waals surface area contributed by atoms with Crippen molar-refractivity contribution in [3.8, 4) is 11.4 Å². The first-order valence-electron chi connectivity index (χ1n) is 8.01. The first-order chi connectivity index (χ1) is 13.0. The molecule has 0 fully saturated rings. The highest BCUT2D eigenvalue weighted by Crippen LogP contribution is 2.31. The van der Waals surface area contributed by atoms with E-state index in [1.54, 1.807) is 17.5 Å². The fraction of sp³-hybridized carbons (Fsp3) is 0.158. The van der Waals surface area contributed by atoms with E-state index in [1.807, 2.05) is 42.1 Å². The maximum absolute atomic E-state index is 12.4. The minimum atomic E-state index is -0.553. The summed E-state index contributed by atoms with van der Waals surface area (Å²) >= 11 is 7.31. The third-order valence-corrected chi connectivity index (χ3v) is 5.09. The number of hydrogen-bond acceptors (Lipinski definition) is 5. The summed E-state index contributed by atoms with van der Waals surface area (Å²) in [4.78, 5) is 25.0. The predicted molar refractivity (Wildman–Crippen MR) is 105 cm³/mol. The number of esters is 1. The fourth-order valence-corrected chi connectivity index (χ4v) is 3.40. The van der Waals surface area contributed by atoms with Crippen LogP contribution in [0, 0.1) is 6.92 Å². The zero-order chi connectivity index (χ0) is 19.4. The molecule has 3 rings (SSSR count). The highest BCUT2D eigenvalue weighted by molar-refractivity contribution is 7.12. The average Bonchev–Trinajstić information content (AvgIpc) is 3.33. The normalized spacial score (nSPS) is 10.5. The first-order valence-corrected chi connectivity index (χ1v) is 9.27. The number of hydrogen-bond donors (Lipinski definition) is 1. The molecule has 6 nitrogen and oxygen atoms in total. The molecule has 0 spiro atoms.